The van der Waals surface area contributed by atoms with Gasteiger partial charge in [-0.1, -0.05) is 6.92 Å². The zero-order chi connectivity index (χ0) is 12.8. The Morgan fingerprint density at radius 3 is 2.41 bits per heavy atom. The molecule has 1 aromatic rings. The molecule has 1 atom stereocenters. The molecule has 0 spiro atoms. The maximum absolute atomic E-state index is 6.01. The summed E-state index contributed by atoms with van der Waals surface area (Å²) in [5, 5.41) is 0. The molecule has 0 aliphatic heterocycles. The molecule has 1 unspecified atom stereocenters. The van der Waals surface area contributed by atoms with Crippen LogP contribution in [0, 0.1) is 0 Å². The lowest BCUT2D eigenvalue weighted by molar-refractivity contribution is 0.310. The summed E-state index contributed by atoms with van der Waals surface area (Å²) < 4.78 is 10.9. The van der Waals surface area contributed by atoms with Crippen LogP contribution < -0.4 is 20.9 Å². The topological polar surface area (TPSA) is 70.5 Å². The molecule has 0 amide bonds. The molecular formula is C13H22N2O2. The summed E-state index contributed by atoms with van der Waals surface area (Å²) in [5.41, 5.74) is 13.8. The van der Waals surface area contributed by atoms with Gasteiger partial charge in [-0.3, -0.25) is 0 Å². The molecule has 0 aliphatic rings. The molecule has 0 saturated heterocycles. The van der Waals surface area contributed by atoms with E-state index in [-0.39, 0.29) is 6.04 Å². The minimum Gasteiger partial charge on any atom is -0.493 e. The van der Waals surface area contributed by atoms with Gasteiger partial charge in [-0.2, -0.15) is 0 Å². The number of benzene rings is 1. The minimum absolute atomic E-state index is 0.157. The Bertz CT molecular complexity index is 367. The largest absolute Gasteiger partial charge is 0.493 e. The van der Waals surface area contributed by atoms with Crippen molar-refractivity contribution >= 4 is 0 Å². The molecule has 0 saturated carbocycles. The third-order valence-electron chi connectivity index (χ3n) is 2.76. The third-order valence-corrected chi connectivity index (χ3v) is 2.76. The predicted molar refractivity (Wildman–Crippen MR) is 69.5 cm³/mol. The van der Waals surface area contributed by atoms with E-state index >= 15 is 0 Å². The number of hydrogen-bond donors (Lipinski definition) is 2. The van der Waals surface area contributed by atoms with Gasteiger partial charge in [0.1, 0.15) is 0 Å². The molecule has 4 nitrogen and oxygen atoms in total. The van der Waals surface area contributed by atoms with E-state index in [4.69, 9.17) is 20.9 Å². The molecule has 0 aliphatic carbocycles. The van der Waals surface area contributed by atoms with Crippen LogP contribution in [0.1, 0.15) is 31.0 Å². The minimum atomic E-state index is -0.157. The Morgan fingerprint density at radius 2 is 1.94 bits per heavy atom. The standard InChI is InChI=1S/C13H22N2O2/c1-4-9-6-12(16-3)13(17-5-2)7-10(9)11(15)8-14/h6-7,11H,4-5,8,14-15H2,1-3H3. The van der Waals surface area contributed by atoms with Gasteiger partial charge in [0.2, 0.25) is 0 Å². The van der Waals surface area contributed by atoms with Crippen molar-refractivity contribution in [2.45, 2.75) is 26.3 Å². The van der Waals surface area contributed by atoms with Crippen LogP contribution in [0.3, 0.4) is 0 Å². The zero-order valence-corrected chi connectivity index (χ0v) is 10.8. The van der Waals surface area contributed by atoms with Crippen molar-refractivity contribution in [3.05, 3.63) is 23.3 Å². The van der Waals surface area contributed by atoms with Crippen molar-refractivity contribution in [2.75, 3.05) is 20.3 Å². The first-order chi connectivity index (χ1) is 8.17. The van der Waals surface area contributed by atoms with Crippen LogP contribution >= 0.6 is 0 Å². The van der Waals surface area contributed by atoms with Gasteiger partial charge in [-0.25, -0.2) is 0 Å². The third kappa shape index (κ3) is 3.11. The fourth-order valence-electron chi connectivity index (χ4n) is 1.82. The van der Waals surface area contributed by atoms with Crippen LogP contribution in [0.25, 0.3) is 0 Å². The molecular weight excluding hydrogens is 216 g/mol. The van der Waals surface area contributed by atoms with Gasteiger partial charge >= 0.3 is 0 Å². The summed E-state index contributed by atoms with van der Waals surface area (Å²) in [5.74, 6) is 1.47. The van der Waals surface area contributed by atoms with E-state index in [1.54, 1.807) is 7.11 Å². The summed E-state index contributed by atoms with van der Waals surface area (Å²) in [6.45, 7) is 5.04. The van der Waals surface area contributed by atoms with Crippen molar-refractivity contribution in [2.24, 2.45) is 11.5 Å². The van der Waals surface area contributed by atoms with Gasteiger partial charge in [0, 0.05) is 12.6 Å². The highest BCUT2D eigenvalue weighted by Crippen LogP contribution is 2.33. The van der Waals surface area contributed by atoms with E-state index in [1.165, 1.54) is 0 Å². The smallest absolute Gasteiger partial charge is 0.161 e. The van der Waals surface area contributed by atoms with Crippen molar-refractivity contribution in [3.8, 4) is 11.5 Å². The van der Waals surface area contributed by atoms with E-state index < -0.39 is 0 Å². The second-order valence-corrected chi connectivity index (χ2v) is 3.83. The number of hydrogen-bond acceptors (Lipinski definition) is 4. The van der Waals surface area contributed by atoms with E-state index in [1.807, 2.05) is 19.1 Å². The van der Waals surface area contributed by atoms with E-state index in [9.17, 15) is 0 Å². The average Bonchev–Trinajstić information content (AvgIpc) is 2.37. The van der Waals surface area contributed by atoms with Gasteiger partial charge in [-0.15, -0.1) is 0 Å². The highest BCUT2D eigenvalue weighted by Gasteiger charge is 2.14. The molecule has 0 heterocycles. The zero-order valence-electron chi connectivity index (χ0n) is 10.8. The monoisotopic (exact) mass is 238 g/mol. The number of rotatable bonds is 6. The Morgan fingerprint density at radius 1 is 1.24 bits per heavy atom. The first kappa shape index (κ1) is 13.8. The second kappa shape index (κ2) is 6.47. The van der Waals surface area contributed by atoms with Gasteiger partial charge in [0.15, 0.2) is 11.5 Å². The second-order valence-electron chi connectivity index (χ2n) is 3.83. The van der Waals surface area contributed by atoms with Crippen LogP contribution in [0.5, 0.6) is 11.5 Å². The van der Waals surface area contributed by atoms with Gasteiger partial charge in [0.25, 0.3) is 0 Å². The lowest BCUT2D eigenvalue weighted by Gasteiger charge is -2.18. The lowest BCUT2D eigenvalue weighted by atomic mass is 9.98. The number of methoxy groups -OCH3 is 1. The molecule has 1 rings (SSSR count). The summed E-state index contributed by atoms with van der Waals surface area (Å²) in [6.07, 6.45) is 0.895. The Hall–Kier alpha value is -1.26. The fraction of sp³-hybridized carbons (Fsp3) is 0.538. The quantitative estimate of drug-likeness (QED) is 0.790. The van der Waals surface area contributed by atoms with Crippen LogP contribution in [0.2, 0.25) is 0 Å². The number of aryl methyl sites for hydroxylation is 1. The Kier molecular flexibility index (Phi) is 5.25. The van der Waals surface area contributed by atoms with E-state index in [0.717, 1.165) is 29.0 Å². The lowest BCUT2D eigenvalue weighted by Crippen LogP contribution is -2.22. The van der Waals surface area contributed by atoms with E-state index in [0.29, 0.717) is 13.2 Å². The highest BCUT2D eigenvalue weighted by atomic mass is 16.5. The molecule has 0 fully saturated rings. The van der Waals surface area contributed by atoms with Gasteiger partial charge < -0.3 is 20.9 Å². The Labute approximate surface area is 103 Å². The molecule has 0 radical (unpaired) electrons. The van der Waals surface area contributed by atoms with Gasteiger partial charge in [0.05, 0.1) is 13.7 Å². The fourth-order valence-corrected chi connectivity index (χ4v) is 1.82. The maximum atomic E-state index is 6.01. The van der Waals surface area contributed by atoms with Crippen molar-refractivity contribution in [1.29, 1.82) is 0 Å². The molecule has 1 aromatic carbocycles. The Balaban J connectivity index is 3.23. The summed E-state index contributed by atoms with van der Waals surface area (Å²) >= 11 is 0. The first-order valence-electron chi connectivity index (χ1n) is 5.97. The van der Waals surface area contributed by atoms with E-state index in [2.05, 4.69) is 6.92 Å². The molecule has 17 heavy (non-hydrogen) atoms. The maximum Gasteiger partial charge on any atom is 0.161 e. The average molecular weight is 238 g/mol. The molecule has 0 bridgehead atoms. The first-order valence-corrected chi connectivity index (χ1v) is 5.97. The predicted octanol–water partition coefficient (Wildman–Crippen LogP) is 1.61. The molecule has 4 N–H and O–H groups in total. The van der Waals surface area contributed by atoms with Gasteiger partial charge in [-0.05, 0) is 36.6 Å². The van der Waals surface area contributed by atoms with Crippen molar-refractivity contribution < 1.29 is 9.47 Å². The highest BCUT2D eigenvalue weighted by molar-refractivity contribution is 5.48. The number of ether oxygens (including phenoxy) is 2. The van der Waals surface area contributed by atoms with Crippen LogP contribution in [-0.4, -0.2) is 20.3 Å². The molecule has 0 aromatic heterocycles. The summed E-state index contributed by atoms with van der Waals surface area (Å²) in [4.78, 5) is 0. The van der Waals surface area contributed by atoms with Crippen LogP contribution in [0.15, 0.2) is 12.1 Å². The SMILES string of the molecule is CCOc1cc(C(N)CN)c(CC)cc1OC. The van der Waals surface area contributed by atoms with Crippen molar-refractivity contribution in [1.82, 2.24) is 0 Å². The summed E-state index contributed by atoms with van der Waals surface area (Å²) in [7, 11) is 1.64. The number of nitrogens with two attached hydrogens (primary N) is 2. The normalized spacial score (nSPS) is 12.3. The van der Waals surface area contributed by atoms with Crippen LogP contribution in [-0.2, 0) is 6.42 Å². The summed E-state index contributed by atoms with van der Waals surface area (Å²) in [6, 6.07) is 3.77. The molecule has 4 heteroatoms. The van der Waals surface area contributed by atoms with Crippen LogP contribution in [0.4, 0.5) is 0 Å². The molecule has 96 valence electrons. The van der Waals surface area contributed by atoms with Crippen molar-refractivity contribution in [3.63, 3.8) is 0 Å².